The van der Waals surface area contributed by atoms with Crippen molar-refractivity contribution < 1.29 is 9.53 Å². The van der Waals surface area contributed by atoms with E-state index in [2.05, 4.69) is 10.1 Å². The Morgan fingerprint density at radius 2 is 2.17 bits per heavy atom. The van der Waals surface area contributed by atoms with Gasteiger partial charge in [-0.25, -0.2) is 9.50 Å². The molecule has 0 aromatic carbocycles. The number of hydrogen-bond donors (Lipinski definition) is 1. The minimum Gasteiger partial charge on any atom is -0.368 e. The molecule has 2 aliphatic heterocycles. The summed E-state index contributed by atoms with van der Waals surface area (Å²) in [5, 5.41) is 3.16. The molecular formula is C17H22N4O3. The van der Waals surface area contributed by atoms with E-state index < -0.39 is 0 Å². The number of H-pyrrole nitrogens is 1. The summed E-state index contributed by atoms with van der Waals surface area (Å²) in [6, 6.07) is 1.85. The van der Waals surface area contributed by atoms with Crippen molar-refractivity contribution in [3.63, 3.8) is 0 Å². The van der Waals surface area contributed by atoms with Crippen LogP contribution in [0.1, 0.15) is 48.7 Å². The molecule has 4 rings (SSSR count). The van der Waals surface area contributed by atoms with Crippen molar-refractivity contribution in [2.24, 2.45) is 0 Å². The van der Waals surface area contributed by atoms with Crippen LogP contribution in [-0.2, 0) is 9.53 Å². The number of carbonyl (C=O) groups excluding carboxylic acids is 1. The molecule has 128 valence electrons. The lowest BCUT2D eigenvalue weighted by atomic mass is 10.1. The second-order valence-electron chi connectivity index (χ2n) is 6.72. The first-order chi connectivity index (χ1) is 11.6. The molecule has 0 aliphatic carbocycles. The smallest absolute Gasteiger partial charge is 0.275 e. The van der Waals surface area contributed by atoms with Crippen LogP contribution in [0.4, 0.5) is 0 Å². The van der Waals surface area contributed by atoms with Crippen molar-refractivity contribution in [1.29, 1.82) is 0 Å². The average molecular weight is 330 g/mol. The molecule has 2 aromatic rings. The molecule has 0 saturated carbocycles. The Morgan fingerprint density at radius 3 is 2.92 bits per heavy atom. The topological polar surface area (TPSA) is 79.7 Å². The molecule has 0 spiro atoms. The van der Waals surface area contributed by atoms with E-state index in [1.807, 2.05) is 17.9 Å². The van der Waals surface area contributed by atoms with Crippen molar-refractivity contribution >= 4 is 11.6 Å². The highest BCUT2D eigenvalue weighted by atomic mass is 16.5. The molecular weight excluding hydrogens is 308 g/mol. The van der Waals surface area contributed by atoms with Gasteiger partial charge in [0.25, 0.3) is 11.5 Å². The number of nitrogens with one attached hydrogen (secondary N) is 1. The molecule has 0 unspecified atom stereocenters. The summed E-state index contributed by atoms with van der Waals surface area (Å²) in [6.45, 7) is 5.02. The van der Waals surface area contributed by atoms with Gasteiger partial charge in [-0.2, -0.15) is 0 Å². The Morgan fingerprint density at radius 1 is 1.33 bits per heavy atom. The first-order valence-electron chi connectivity index (χ1n) is 8.57. The van der Waals surface area contributed by atoms with Crippen LogP contribution in [0.25, 0.3) is 5.65 Å². The van der Waals surface area contributed by atoms with E-state index in [1.165, 1.54) is 4.52 Å². The molecule has 4 heterocycles. The zero-order valence-corrected chi connectivity index (χ0v) is 14.0. The Balaban J connectivity index is 1.69. The van der Waals surface area contributed by atoms with E-state index in [-0.39, 0.29) is 23.6 Å². The predicted molar refractivity (Wildman–Crippen MR) is 87.9 cm³/mol. The molecule has 0 radical (unpaired) electrons. The van der Waals surface area contributed by atoms with Gasteiger partial charge in [0.2, 0.25) is 0 Å². The second kappa shape index (κ2) is 5.73. The molecule has 7 nitrogen and oxygen atoms in total. The number of carbonyl (C=O) groups is 1. The number of amides is 1. The largest absolute Gasteiger partial charge is 0.368 e. The van der Waals surface area contributed by atoms with Gasteiger partial charge in [-0.05, 0) is 39.5 Å². The van der Waals surface area contributed by atoms with Gasteiger partial charge in [0.15, 0.2) is 5.65 Å². The minimum absolute atomic E-state index is 0.0385. The molecule has 24 heavy (non-hydrogen) atoms. The first kappa shape index (κ1) is 15.4. The number of likely N-dealkylation sites (tertiary alicyclic amines) is 1. The normalized spacial score (nSPS) is 24.2. The second-order valence-corrected chi connectivity index (χ2v) is 6.72. The number of ether oxygens (including phenoxy) is 1. The van der Waals surface area contributed by atoms with Gasteiger partial charge < -0.3 is 9.64 Å². The monoisotopic (exact) mass is 330 g/mol. The molecule has 2 aliphatic rings. The van der Waals surface area contributed by atoms with E-state index in [1.54, 1.807) is 6.92 Å². The molecule has 1 amide bonds. The van der Waals surface area contributed by atoms with Crippen molar-refractivity contribution in [2.75, 3.05) is 13.2 Å². The quantitative estimate of drug-likeness (QED) is 0.904. The zero-order chi connectivity index (χ0) is 16.8. The third-order valence-corrected chi connectivity index (χ3v) is 5.20. The Labute approximate surface area is 139 Å². The fourth-order valence-corrected chi connectivity index (χ4v) is 3.72. The zero-order valence-electron chi connectivity index (χ0n) is 14.0. The lowest BCUT2D eigenvalue weighted by Gasteiger charge is -2.26. The summed E-state index contributed by atoms with van der Waals surface area (Å²) in [5.41, 5.74) is 2.77. The fourth-order valence-electron chi connectivity index (χ4n) is 3.72. The van der Waals surface area contributed by atoms with Gasteiger partial charge in [-0.1, -0.05) is 0 Å². The van der Waals surface area contributed by atoms with Crippen LogP contribution in [0.15, 0.2) is 10.9 Å². The summed E-state index contributed by atoms with van der Waals surface area (Å²) in [6.07, 6.45) is 3.28. The van der Waals surface area contributed by atoms with Crippen LogP contribution in [0, 0.1) is 13.8 Å². The minimum atomic E-state index is -0.305. The number of hydrogen-bond acceptors (Lipinski definition) is 4. The van der Waals surface area contributed by atoms with Gasteiger partial charge in [0.05, 0.1) is 11.7 Å². The lowest BCUT2D eigenvalue weighted by molar-refractivity contribution is -0.142. The number of nitrogens with zero attached hydrogens (tertiary/aromatic N) is 3. The highest BCUT2D eigenvalue weighted by Crippen LogP contribution is 2.33. The van der Waals surface area contributed by atoms with E-state index in [4.69, 9.17) is 4.74 Å². The molecule has 2 fully saturated rings. The Bertz CT molecular complexity index is 847. The maximum atomic E-state index is 12.7. The standard InChI is InChI=1S/C17H22N4O3/c1-10-11(2)18-15-9-12(19-21(15)16(10)22)13-5-3-7-20(13)17(23)14-6-4-8-24-14/h9,13-14,19H,3-8H2,1-2H3/t13-,14-/m1/s1. The first-order valence-corrected chi connectivity index (χ1v) is 8.57. The summed E-state index contributed by atoms with van der Waals surface area (Å²) in [4.78, 5) is 31.5. The van der Waals surface area contributed by atoms with Gasteiger partial charge in [-0.15, -0.1) is 0 Å². The summed E-state index contributed by atoms with van der Waals surface area (Å²) >= 11 is 0. The molecule has 1 N–H and O–H groups in total. The molecule has 7 heteroatoms. The van der Waals surface area contributed by atoms with Crippen LogP contribution in [-0.4, -0.2) is 44.7 Å². The maximum absolute atomic E-state index is 12.7. The number of fused-ring (bicyclic) bond motifs is 1. The number of aromatic amines is 1. The van der Waals surface area contributed by atoms with Gasteiger partial charge in [0, 0.05) is 30.5 Å². The van der Waals surface area contributed by atoms with Crippen molar-refractivity contribution in [3.05, 3.63) is 33.4 Å². The number of aromatic nitrogens is 3. The van der Waals surface area contributed by atoms with Crippen molar-refractivity contribution in [2.45, 2.75) is 51.7 Å². The third kappa shape index (κ3) is 2.34. The summed E-state index contributed by atoms with van der Waals surface area (Å²) < 4.78 is 7.03. The highest BCUT2D eigenvalue weighted by Gasteiger charge is 2.36. The third-order valence-electron chi connectivity index (χ3n) is 5.20. The van der Waals surface area contributed by atoms with Gasteiger partial charge in [0.1, 0.15) is 6.10 Å². The molecule has 2 atom stereocenters. The van der Waals surface area contributed by atoms with Crippen molar-refractivity contribution in [3.8, 4) is 0 Å². The number of aryl methyl sites for hydroxylation is 1. The Hall–Kier alpha value is -2.15. The van der Waals surface area contributed by atoms with E-state index >= 15 is 0 Å². The summed E-state index contributed by atoms with van der Waals surface area (Å²) in [7, 11) is 0. The van der Waals surface area contributed by atoms with E-state index in [0.717, 1.165) is 43.6 Å². The van der Waals surface area contributed by atoms with Gasteiger partial charge >= 0.3 is 0 Å². The van der Waals surface area contributed by atoms with Crippen LogP contribution < -0.4 is 5.56 Å². The molecule has 2 saturated heterocycles. The van der Waals surface area contributed by atoms with Crippen LogP contribution in [0.2, 0.25) is 0 Å². The van der Waals surface area contributed by atoms with Crippen LogP contribution in [0.3, 0.4) is 0 Å². The number of rotatable bonds is 2. The van der Waals surface area contributed by atoms with Gasteiger partial charge in [-0.3, -0.25) is 14.7 Å². The fraction of sp³-hybridized carbons (Fsp3) is 0.588. The SMILES string of the molecule is Cc1nc2cc([C@H]3CCCN3C(=O)[C@H]3CCCO3)[nH]n2c(=O)c1C. The highest BCUT2D eigenvalue weighted by molar-refractivity contribution is 5.82. The molecule has 2 aromatic heterocycles. The van der Waals surface area contributed by atoms with E-state index in [0.29, 0.717) is 17.8 Å². The Kier molecular flexibility index (Phi) is 3.68. The van der Waals surface area contributed by atoms with E-state index in [9.17, 15) is 9.59 Å². The maximum Gasteiger partial charge on any atom is 0.275 e. The molecule has 0 bridgehead atoms. The lowest BCUT2D eigenvalue weighted by Crippen LogP contribution is -2.38. The van der Waals surface area contributed by atoms with Crippen LogP contribution in [0.5, 0.6) is 0 Å². The average Bonchev–Trinajstić information content (AvgIpc) is 3.30. The summed E-state index contributed by atoms with van der Waals surface area (Å²) in [5.74, 6) is 0.0707. The predicted octanol–water partition coefficient (Wildman–Crippen LogP) is 1.48. The van der Waals surface area contributed by atoms with Crippen LogP contribution >= 0.6 is 0 Å². The van der Waals surface area contributed by atoms with Crippen molar-refractivity contribution in [1.82, 2.24) is 19.5 Å².